The number of aromatic amines is 1. The van der Waals surface area contributed by atoms with Crippen LogP contribution < -0.4 is 5.32 Å². The number of rotatable bonds is 3. The van der Waals surface area contributed by atoms with Crippen molar-refractivity contribution in [1.29, 1.82) is 0 Å². The first-order valence-corrected chi connectivity index (χ1v) is 6.90. The molecule has 9 heteroatoms. The quantitative estimate of drug-likeness (QED) is 0.763. The molecule has 0 spiro atoms. The molecule has 3 rings (SSSR count). The lowest BCUT2D eigenvalue weighted by atomic mass is 10.2. The Labute approximate surface area is 118 Å². The molecule has 20 heavy (non-hydrogen) atoms. The lowest BCUT2D eigenvalue weighted by Crippen LogP contribution is -2.13. The first kappa shape index (κ1) is 12.7. The maximum Gasteiger partial charge on any atom is 0.270 e. The van der Waals surface area contributed by atoms with Crippen LogP contribution in [0.25, 0.3) is 4.96 Å². The molecule has 0 atom stereocenters. The minimum Gasteiger partial charge on any atom is -0.290 e. The largest absolute Gasteiger partial charge is 0.290 e. The number of carbonyl (C=O) groups is 1. The normalized spacial score (nSPS) is 11.4. The van der Waals surface area contributed by atoms with E-state index in [9.17, 15) is 4.79 Å². The van der Waals surface area contributed by atoms with Crippen molar-refractivity contribution >= 4 is 28.2 Å². The smallest absolute Gasteiger partial charge is 0.270 e. The number of H-pyrrole nitrogens is 1. The molecule has 0 aliphatic heterocycles. The highest BCUT2D eigenvalue weighted by Gasteiger charge is 2.21. The second-order valence-corrected chi connectivity index (χ2v) is 5.61. The van der Waals surface area contributed by atoms with Crippen LogP contribution in [0.3, 0.4) is 0 Å². The van der Waals surface area contributed by atoms with Crippen LogP contribution in [0.1, 0.15) is 41.0 Å². The number of nitrogens with zero attached hydrogens (tertiary/aromatic N) is 5. The van der Waals surface area contributed by atoms with Crippen molar-refractivity contribution in [2.75, 3.05) is 5.32 Å². The number of hydrogen-bond donors (Lipinski definition) is 2. The van der Waals surface area contributed by atoms with Crippen molar-refractivity contribution in [3.63, 3.8) is 0 Å². The zero-order valence-electron chi connectivity index (χ0n) is 11.2. The van der Waals surface area contributed by atoms with Gasteiger partial charge in [-0.05, 0) is 6.92 Å². The molecule has 3 aromatic rings. The van der Waals surface area contributed by atoms with Crippen LogP contribution in [0, 0.1) is 6.92 Å². The number of fused-ring (bicyclic) bond motifs is 1. The summed E-state index contributed by atoms with van der Waals surface area (Å²) >= 11 is 1.31. The molecule has 2 N–H and O–H groups in total. The highest BCUT2D eigenvalue weighted by Crippen LogP contribution is 2.26. The van der Waals surface area contributed by atoms with E-state index in [0.29, 0.717) is 15.8 Å². The maximum atomic E-state index is 12.2. The van der Waals surface area contributed by atoms with Gasteiger partial charge in [-0.2, -0.15) is 10.1 Å². The van der Waals surface area contributed by atoms with E-state index >= 15 is 0 Å². The van der Waals surface area contributed by atoms with E-state index in [2.05, 4.69) is 30.7 Å². The number of hydrogen-bond acceptors (Lipinski definition) is 6. The Bertz CT molecular complexity index is 755. The fraction of sp³-hybridized carbons (Fsp3) is 0.364. The maximum absolute atomic E-state index is 12.2. The Morgan fingerprint density at radius 2 is 2.25 bits per heavy atom. The molecule has 1 amide bonds. The highest BCUT2D eigenvalue weighted by molar-refractivity contribution is 7.19. The predicted molar refractivity (Wildman–Crippen MR) is 74.0 cm³/mol. The molecule has 0 aliphatic rings. The first-order valence-electron chi connectivity index (χ1n) is 6.09. The number of aromatic nitrogens is 6. The van der Waals surface area contributed by atoms with Crippen LogP contribution in [-0.4, -0.2) is 35.7 Å². The predicted octanol–water partition coefficient (Wildman–Crippen LogP) is 1.59. The topological polar surface area (TPSA) is 101 Å². The molecule has 3 heterocycles. The van der Waals surface area contributed by atoms with Gasteiger partial charge in [0.2, 0.25) is 10.9 Å². The van der Waals surface area contributed by atoms with Crippen LogP contribution in [0.2, 0.25) is 0 Å². The minimum absolute atomic E-state index is 0.232. The molecule has 8 nitrogen and oxygen atoms in total. The van der Waals surface area contributed by atoms with Crippen molar-refractivity contribution in [1.82, 2.24) is 29.8 Å². The zero-order valence-corrected chi connectivity index (χ0v) is 12.0. The molecule has 0 fully saturated rings. The lowest BCUT2D eigenvalue weighted by molar-refractivity contribution is 0.102. The van der Waals surface area contributed by atoms with E-state index in [1.54, 1.807) is 0 Å². The summed E-state index contributed by atoms with van der Waals surface area (Å²) in [4.78, 5) is 17.4. The molecule has 0 saturated carbocycles. The minimum atomic E-state index is -0.232. The summed E-state index contributed by atoms with van der Waals surface area (Å²) in [6, 6.07) is 0. The second-order valence-electron chi connectivity index (χ2n) is 4.64. The van der Waals surface area contributed by atoms with Crippen molar-refractivity contribution < 1.29 is 4.79 Å². The molecular weight excluding hydrogens is 278 g/mol. The second kappa shape index (κ2) is 4.67. The van der Waals surface area contributed by atoms with E-state index in [0.717, 1.165) is 11.5 Å². The number of nitrogens with one attached hydrogen (secondary N) is 2. The van der Waals surface area contributed by atoms with Gasteiger partial charge in [-0.15, -0.1) is 10.2 Å². The Morgan fingerprint density at radius 3 is 2.90 bits per heavy atom. The molecule has 0 saturated heterocycles. The van der Waals surface area contributed by atoms with Gasteiger partial charge in [-0.3, -0.25) is 14.5 Å². The number of anilines is 1. The van der Waals surface area contributed by atoms with E-state index < -0.39 is 0 Å². The monoisotopic (exact) mass is 291 g/mol. The standard InChI is InChI=1S/C11H13N7OS/c1-5(2)8-15-17-11-18(8)6(3)7(20-11)9(19)14-10-12-4-13-16-10/h4-5H,1-3H3,(H2,12,13,14,16,19). The Balaban J connectivity index is 2.00. The highest BCUT2D eigenvalue weighted by atomic mass is 32.1. The third kappa shape index (κ3) is 1.95. The summed E-state index contributed by atoms with van der Waals surface area (Å²) in [7, 11) is 0. The van der Waals surface area contributed by atoms with Gasteiger partial charge in [0.25, 0.3) is 5.91 Å². The number of amides is 1. The van der Waals surface area contributed by atoms with Gasteiger partial charge in [-0.25, -0.2) is 5.10 Å². The van der Waals surface area contributed by atoms with Crippen LogP contribution in [0.15, 0.2) is 6.33 Å². The average molecular weight is 291 g/mol. The Hall–Kier alpha value is -2.29. The fourth-order valence-corrected chi connectivity index (χ4v) is 2.91. The Kier molecular flexibility index (Phi) is 2.97. The number of aryl methyl sites for hydroxylation is 1. The van der Waals surface area contributed by atoms with Gasteiger partial charge in [0.15, 0.2) is 0 Å². The SMILES string of the molecule is Cc1c(C(=O)Nc2ncn[nH]2)sc2nnc(C(C)C)n12. The van der Waals surface area contributed by atoms with Crippen LogP contribution >= 0.6 is 11.3 Å². The molecule has 3 aromatic heterocycles. The van der Waals surface area contributed by atoms with Gasteiger partial charge in [0.1, 0.15) is 17.0 Å². The summed E-state index contributed by atoms with van der Waals surface area (Å²) in [5.74, 6) is 1.18. The van der Waals surface area contributed by atoms with E-state index in [-0.39, 0.29) is 11.8 Å². The van der Waals surface area contributed by atoms with Crippen LogP contribution in [0.4, 0.5) is 5.95 Å². The van der Waals surface area contributed by atoms with E-state index in [4.69, 9.17) is 0 Å². The summed E-state index contributed by atoms with van der Waals surface area (Å²) < 4.78 is 1.92. The van der Waals surface area contributed by atoms with E-state index in [1.165, 1.54) is 17.7 Å². The number of thiazole rings is 1. The van der Waals surface area contributed by atoms with Gasteiger partial charge >= 0.3 is 0 Å². The molecule has 0 radical (unpaired) electrons. The van der Waals surface area contributed by atoms with E-state index in [1.807, 2.05) is 25.2 Å². The molecule has 0 aliphatic carbocycles. The lowest BCUT2D eigenvalue weighted by Gasteiger charge is -2.03. The van der Waals surface area contributed by atoms with Crippen molar-refractivity contribution in [3.8, 4) is 0 Å². The first-order chi connectivity index (χ1) is 9.58. The third-order valence-corrected chi connectivity index (χ3v) is 4.02. The molecule has 0 unspecified atom stereocenters. The van der Waals surface area contributed by atoms with Crippen molar-refractivity contribution in [2.24, 2.45) is 0 Å². The van der Waals surface area contributed by atoms with Gasteiger partial charge in [0.05, 0.1) is 0 Å². The van der Waals surface area contributed by atoms with Gasteiger partial charge < -0.3 is 0 Å². The summed E-state index contributed by atoms with van der Waals surface area (Å²) in [6.07, 6.45) is 1.34. The van der Waals surface area contributed by atoms with Gasteiger partial charge in [-0.1, -0.05) is 25.2 Å². The summed E-state index contributed by atoms with van der Waals surface area (Å²) in [5, 5.41) is 17.2. The average Bonchev–Trinajstić information content (AvgIpc) is 3.07. The van der Waals surface area contributed by atoms with Gasteiger partial charge in [0, 0.05) is 11.6 Å². The zero-order chi connectivity index (χ0) is 14.3. The van der Waals surface area contributed by atoms with Crippen molar-refractivity contribution in [2.45, 2.75) is 26.7 Å². The van der Waals surface area contributed by atoms with Crippen molar-refractivity contribution in [3.05, 3.63) is 22.7 Å². The molecular formula is C11H13N7OS. The van der Waals surface area contributed by atoms with Crippen LogP contribution in [0.5, 0.6) is 0 Å². The molecule has 104 valence electrons. The summed E-state index contributed by atoms with van der Waals surface area (Å²) in [6.45, 7) is 5.97. The Morgan fingerprint density at radius 1 is 1.45 bits per heavy atom. The number of carbonyl (C=O) groups excluding carboxylic acids is 1. The molecule has 0 aromatic carbocycles. The third-order valence-electron chi connectivity index (χ3n) is 2.89. The fourth-order valence-electron chi connectivity index (χ4n) is 1.94. The van der Waals surface area contributed by atoms with Crippen LogP contribution in [-0.2, 0) is 0 Å². The summed E-state index contributed by atoms with van der Waals surface area (Å²) in [5.41, 5.74) is 0.829. The molecule has 0 bridgehead atoms.